The molecule has 5 heteroatoms. The van der Waals surface area contributed by atoms with Crippen LogP contribution in [0.25, 0.3) is 0 Å². The van der Waals surface area contributed by atoms with Gasteiger partial charge < -0.3 is 9.74 Å². The molecule has 1 aromatic carbocycles. The summed E-state index contributed by atoms with van der Waals surface area (Å²) in [5.41, 5.74) is 1.26. The second-order valence-electron chi connectivity index (χ2n) is 4.09. The average Bonchev–Trinajstić information content (AvgIpc) is 2.77. The van der Waals surface area contributed by atoms with Crippen molar-refractivity contribution in [2.75, 3.05) is 13.1 Å². The molecule has 0 saturated heterocycles. The highest BCUT2D eigenvalue weighted by molar-refractivity contribution is 6.28. The number of hydrogen-bond acceptors (Lipinski definition) is 4. The third-order valence-electron chi connectivity index (χ3n) is 2.92. The van der Waals surface area contributed by atoms with E-state index in [1.54, 1.807) is 18.3 Å². The molecule has 0 unspecified atom stereocenters. The Kier molecular flexibility index (Phi) is 3.94. The van der Waals surface area contributed by atoms with Crippen molar-refractivity contribution in [2.24, 2.45) is 5.16 Å². The summed E-state index contributed by atoms with van der Waals surface area (Å²) in [6.07, 6.45) is 1.71. The van der Waals surface area contributed by atoms with Crippen LogP contribution in [0.2, 0.25) is 0 Å². The first-order valence-electron chi connectivity index (χ1n) is 6.17. The zero-order valence-corrected chi connectivity index (χ0v) is 10.9. The van der Waals surface area contributed by atoms with E-state index in [4.69, 9.17) is 4.84 Å². The third kappa shape index (κ3) is 2.81. The molecular weight excluding hydrogens is 247 g/mol. The maximum absolute atomic E-state index is 13.2. The van der Waals surface area contributed by atoms with E-state index in [2.05, 4.69) is 5.16 Å². The lowest BCUT2D eigenvalue weighted by molar-refractivity contribution is -0.136. The smallest absolute Gasteiger partial charge is 0.369 e. The van der Waals surface area contributed by atoms with Crippen molar-refractivity contribution in [3.63, 3.8) is 0 Å². The van der Waals surface area contributed by atoms with Crippen LogP contribution in [-0.4, -0.2) is 29.7 Å². The summed E-state index contributed by atoms with van der Waals surface area (Å²) in [7, 11) is 0. The van der Waals surface area contributed by atoms with E-state index in [1.807, 2.05) is 18.7 Å². The predicted molar refractivity (Wildman–Crippen MR) is 70.0 cm³/mol. The van der Waals surface area contributed by atoms with Crippen molar-refractivity contribution in [1.82, 2.24) is 4.90 Å². The largest absolute Gasteiger partial charge is 0.377 e. The molecule has 0 N–H and O–H groups in total. The maximum atomic E-state index is 13.2. The van der Waals surface area contributed by atoms with Gasteiger partial charge in [0, 0.05) is 24.9 Å². The molecule has 1 aromatic rings. The Labute approximate surface area is 111 Å². The van der Waals surface area contributed by atoms with Crippen molar-refractivity contribution < 1.29 is 14.0 Å². The molecule has 1 aliphatic rings. The quantitative estimate of drug-likeness (QED) is 0.617. The van der Waals surface area contributed by atoms with Crippen LogP contribution >= 0.6 is 0 Å². The van der Waals surface area contributed by atoms with Gasteiger partial charge in [0.2, 0.25) is 0 Å². The van der Waals surface area contributed by atoms with Gasteiger partial charge in [-0.2, -0.15) is 0 Å². The minimum absolute atomic E-state index is 0.356. The molecule has 0 spiro atoms. The second kappa shape index (κ2) is 5.65. The Morgan fingerprint density at radius 1 is 1.37 bits per heavy atom. The fourth-order valence-corrected chi connectivity index (χ4v) is 1.83. The number of carbonyl (C=O) groups is 1. The van der Waals surface area contributed by atoms with Crippen molar-refractivity contribution in [2.45, 2.75) is 13.8 Å². The van der Waals surface area contributed by atoms with Crippen molar-refractivity contribution in [3.05, 3.63) is 47.4 Å². The van der Waals surface area contributed by atoms with Crippen LogP contribution in [0.1, 0.15) is 19.4 Å². The molecule has 0 atom stereocenters. The number of oxime groups is 1. The first kappa shape index (κ1) is 13.3. The van der Waals surface area contributed by atoms with Gasteiger partial charge in [-0.05, 0) is 26.0 Å². The van der Waals surface area contributed by atoms with E-state index in [9.17, 15) is 9.18 Å². The summed E-state index contributed by atoms with van der Waals surface area (Å²) < 4.78 is 13.2. The molecule has 19 heavy (non-hydrogen) atoms. The minimum Gasteiger partial charge on any atom is -0.377 e. The SMILES string of the molecule is CCN(/C=C1\C(=O)ON=C1c1cccc(F)c1)CC. The molecule has 0 bridgehead atoms. The highest BCUT2D eigenvalue weighted by Crippen LogP contribution is 2.19. The van der Waals surface area contributed by atoms with Crippen LogP contribution in [0.3, 0.4) is 0 Å². The zero-order valence-electron chi connectivity index (χ0n) is 10.9. The number of halogens is 1. The van der Waals surface area contributed by atoms with E-state index in [1.165, 1.54) is 12.1 Å². The van der Waals surface area contributed by atoms with E-state index in [0.717, 1.165) is 13.1 Å². The molecule has 0 fully saturated rings. The minimum atomic E-state index is -0.508. The van der Waals surface area contributed by atoms with E-state index >= 15 is 0 Å². The first-order chi connectivity index (χ1) is 9.15. The van der Waals surface area contributed by atoms with Crippen LogP contribution in [0.5, 0.6) is 0 Å². The zero-order chi connectivity index (χ0) is 13.8. The molecule has 0 radical (unpaired) electrons. The van der Waals surface area contributed by atoms with Gasteiger partial charge in [-0.3, -0.25) is 0 Å². The Balaban J connectivity index is 2.37. The van der Waals surface area contributed by atoms with Gasteiger partial charge in [0.1, 0.15) is 17.1 Å². The van der Waals surface area contributed by atoms with Crippen LogP contribution in [0.4, 0.5) is 4.39 Å². The number of benzene rings is 1. The summed E-state index contributed by atoms with van der Waals surface area (Å²) in [4.78, 5) is 18.3. The molecular formula is C14H15FN2O2. The second-order valence-corrected chi connectivity index (χ2v) is 4.09. The highest BCUT2D eigenvalue weighted by atomic mass is 19.1. The lowest BCUT2D eigenvalue weighted by atomic mass is 10.0. The standard InChI is InChI=1S/C14H15FN2O2/c1-3-17(4-2)9-12-13(16-19-14(12)18)10-6-5-7-11(15)8-10/h5-9H,3-4H2,1-2H3/b12-9-. The third-order valence-corrected chi connectivity index (χ3v) is 2.92. The number of hydrogen-bond donors (Lipinski definition) is 0. The highest BCUT2D eigenvalue weighted by Gasteiger charge is 2.27. The van der Waals surface area contributed by atoms with Gasteiger partial charge in [-0.1, -0.05) is 17.3 Å². The molecule has 1 heterocycles. The van der Waals surface area contributed by atoms with Gasteiger partial charge in [0.25, 0.3) is 0 Å². The Morgan fingerprint density at radius 3 is 2.74 bits per heavy atom. The molecule has 1 aliphatic heterocycles. The fourth-order valence-electron chi connectivity index (χ4n) is 1.83. The van der Waals surface area contributed by atoms with Crippen LogP contribution < -0.4 is 0 Å². The predicted octanol–water partition coefficient (Wildman–Crippen LogP) is 2.31. The van der Waals surface area contributed by atoms with Crippen molar-refractivity contribution in [1.29, 1.82) is 0 Å². The molecule has 0 saturated carbocycles. The van der Waals surface area contributed by atoms with E-state index < -0.39 is 5.97 Å². The molecule has 2 rings (SSSR count). The molecule has 4 nitrogen and oxygen atoms in total. The van der Waals surface area contributed by atoms with Gasteiger partial charge in [0.05, 0.1) is 0 Å². The van der Waals surface area contributed by atoms with E-state index in [-0.39, 0.29) is 5.82 Å². The molecule has 0 aliphatic carbocycles. The lowest BCUT2D eigenvalue weighted by Gasteiger charge is -2.15. The summed E-state index contributed by atoms with van der Waals surface area (Å²) in [5.74, 6) is -0.882. The van der Waals surface area contributed by atoms with Crippen LogP contribution in [0.15, 0.2) is 41.2 Å². The molecule has 0 amide bonds. The Morgan fingerprint density at radius 2 is 2.11 bits per heavy atom. The Hall–Kier alpha value is -2.17. The average molecular weight is 262 g/mol. The lowest BCUT2D eigenvalue weighted by Crippen LogP contribution is -2.19. The summed E-state index contributed by atoms with van der Waals surface area (Å²) in [6, 6.07) is 5.94. The van der Waals surface area contributed by atoms with Crippen molar-refractivity contribution >= 4 is 11.7 Å². The van der Waals surface area contributed by atoms with Crippen LogP contribution in [-0.2, 0) is 9.63 Å². The number of carbonyl (C=O) groups excluding carboxylic acids is 1. The fraction of sp³-hybridized carbons (Fsp3) is 0.286. The van der Waals surface area contributed by atoms with Crippen LogP contribution in [0, 0.1) is 5.82 Å². The van der Waals surface area contributed by atoms with Crippen molar-refractivity contribution in [3.8, 4) is 0 Å². The van der Waals surface area contributed by atoms with Gasteiger partial charge in [-0.25, -0.2) is 9.18 Å². The maximum Gasteiger partial charge on any atom is 0.369 e. The topological polar surface area (TPSA) is 41.9 Å². The first-order valence-corrected chi connectivity index (χ1v) is 6.17. The van der Waals surface area contributed by atoms with E-state index in [0.29, 0.717) is 16.8 Å². The molecule has 100 valence electrons. The normalized spacial score (nSPS) is 16.5. The Bertz CT molecular complexity index is 548. The summed E-state index contributed by atoms with van der Waals surface area (Å²) in [6.45, 7) is 5.51. The summed E-state index contributed by atoms with van der Waals surface area (Å²) >= 11 is 0. The monoisotopic (exact) mass is 262 g/mol. The number of rotatable bonds is 4. The van der Waals surface area contributed by atoms with Gasteiger partial charge >= 0.3 is 5.97 Å². The van der Waals surface area contributed by atoms with Gasteiger partial charge in [0.15, 0.2) is 0 Å². The molecule has 0 aromatic heterocycles. The number of nitrogens with zero attached hydrogens (tertiary/aromatic N) is 2. The van der Waals surface area contributed by atoms with Gasteiger partial charge in [-0.15, -0.1) is 0 Å². The summed E-state index contributed by atoms with van der Waals surface area (Å²) in [5, 5.41) is 3.74.